The Kier molecular flexibility index (Phi) is 6.69. The lowest BCUT2D eigenvalue weighted by molar-refractivity contribution is 0.200. The van der Waals surface area contributed by atoms with Gasteiger partial charge in [-0.05, 0) is 71.5 Å². The van der Waals surface area contributed by atoms with Crippen molar-refractivity contribution >= 4 is 0 Å². The van der Waals surface area contributed by atoms with Gasteiger partial charge in [-0.15, -0.1) is 0 Å². The van der Waals surface area contributed by atoms with Crippen LogP contribution in [0.4, 0.5) is 0 Å². The lowest BCUT2D eigenvalue weighted by Gasteiger charge is -2.12. The molecule has 3 aromatic rings. The van der Waals surface area contributed by atoms with Crippen LogP contribution in [-0.4, -0.2) is 36.6 Å². The highest BCUT2D eigenvalue weighted by Crippen LogP contribution is 2.30. The Hall–Kier alpha value is -2.82. The minimum Gasteiger partial charge on any atom is -0.491 e. The number of benzene rings is 3. The zero-order valence-electron chi connectivity index (χ0n) is 16.3. The van der Waals surface area contributed by atoms with Crippen LogP contribution in [0.25, 0.3) is 22.3 Å². The van der Waals surface area contributed by atoms with E-state index in [1.54, 1.807) is 0 Å². The van der Waals surface area contributed by atoms with Crippen LogP contribution in [0.1, 0.15) is 11.1 Å². The molecule has 146 valence electrons. The van der Waals surface area contributed by atoms with Gasteiger partial charge < -0.3 is 19.7 Å². The number of aliphatic hydroxyl groups excluding tert-OH is 2. The van der Waals surface area contributed by atoms with Crippen LogP contribution in [0.15, 0.2) is 60.7 Å². The molecule has 0 spiro atoms. The summed E-state index contributed by atoms with van der Waals surface area (Å²) in [5, 5.41) is 17.8. The SMILES string of the molecule is Cc1cc(-c2ccc(-c3ccc(OCCO)c(C)c3)cc2)ccc1OCCO. The summed E-state index contributed by atoms with van der Waals surface area (Å²) < 4.78 is 11.0. The van der Waals surface area contributed by atoms with Crippen molar-refractivity contribution in [3.05, 3.63) is 71.8 Å². The fraction of sp³-hybridized carbons (Fsp3) is 0.250. The Morgan fingerprint density at radius 3 is 1.25 bits per heavy atom. The first-order valence-corrected chi connectivity index (χ1v) is 9.42. The van der Waals surface area contributed by atoms with Crippen LogP contribution >= 0.6 is 0 Å². The van der Waals surface area contributed by atoms with E-state index < -0.39 is 0 Å². The minimum atomic E-state index is 0.0106. The largest absolute Gasteiger partial charge is 0.491 e. The Balaban J connectivity index is 1.78. The maximum atomic E-state index is 8.90. The van der Waals surface area contributed by atoms with E-state index in [-0.39, 0.29) is 13.2 Å². The number of hydrogen-bond acceptors (Lipinski definition) is 4. The predicted octanol–water partition coefficient (Wildman–Crippen LogP) is 4.38. The molecule has 0 amide bonds. The van der Waals surface area contributed by atoms with Gasteiger partial charge in [0.1, 0.15) is 24.7 Å². The molecule has 4 nitrogen and oxygen atoms in total. The van der Waals surface area contributed by atoms with Gasteiger partial charge in [0.2, 0.25) is 0 Å². The molecule has 0 aliphatic heterocycles. The molecule has 0 heterocycles. The van der Waals surface area contributed by atoms with Crippen LogP contribution < -0.4 is 9.47 Å². The zero-order chi connectivity index (χ0) is 19.9. The van der Waals surface area contributed by atoms with E-state index in [0.717, 1.165) is 44.9 Å². The zero-order valence-corrected chi connectivity index (χ0v) is 16.3. The van der Waals surface area contributed by atoms with Crippen molar-refractivity contribution in [1.29, 1.82) is 0 Å². The van der Waals surface area contributed by atoms with E-state index in [9.17, 15) is 0 Å². The second-order valence-electron chi connectivity index (χ2n) is 6.68. The molecular formula is C24H26O4. The van der Waals surface area contributed by atoms with Crippen molar-refractivity contribution in [1.82, 2.24) is 0 Å². The molecular weight excluding hydrogens is 352 g/mol. The van der Waals surface area contributed by atoms with Gasteiger partial charge in [-0.25, -0.2) is 0 Å². The summed E-state index contributed by atoms with van der Waals surface area (Å²) in [6.07, 6.45) is 0. The molecule has 0 saturated carbocycles. The summed E-state index contributed by atoms with van der Waals surface area (Å²) in [4.78, 5) is 0. The molecule has 3 rings (SSSR count). The van der Waals surface area contributed by atoms with Gasteiger partial charge in [0, 0.05) is 0 Å². The monoisotopic (exact) mass is 378 g/mol. The van der Waals surface area contributed by atoms with Crippen LogP contribution in [0, 0.1) is 13.8 Å². The highest BCUT2D eigenvalue weighted by atomic mass is 16.5. The summed E-state index contributed by atoms with van der Waals surface area (Å²) in [6, 6.07) is 20.6. The molecule has 2 N–H and O–H groups in total. The Bertz CT molecular complexity index is 840. The van der Waals surface area contributed by atoms with E-state index in [2.05, 4.69) is 36.4 Å². The highest BCUT2D eigenvalue weighted by molar-refractivity contribution is 5.72. The van der Waals surface area contributed by atoms with Gasteiger partial charge in [0.25, 0.3) is 0 Å². The molecule has 0 saturated heterocycles. The first-order valence-electron chi connectivity index (χ1n) is 9.42. The number of ether oxygens (including phenoxy) is 2. The predicted molar refractivity (Wildman–Crippen MR) is 112 cm³/mol. The van der Waals surface area contributed by atoms with Gasteiger partial charge in [-0.1, -0.05) is 36.4 Å². The van der Waals surface area contributed by atoms with Crippen LogP contribution in [0.5, 0.6) is 11.5 Å². The van der Waals surface area contributed by atoms with Crippen molar-refractivity contribution in [3.63, 3.8) is 0 Å². The third-order valence-electron chi connectivity index (χ3n) is 4.60. The number of aryl methyl sites for hydroxylation is 2. The average Bonchev–Trinajstić information content (AvgIpc) is 2.72. The molecule has 0 unspecified atom stereocenters. The summed E-state index contributed by atoms with van der Waals surface area (Å²) in [5.74, 6) is 1.60. The number of rotatable bonds is 8. The normalized spacial score (nSPS) is 10.7. The smallest absolute Gasteiger partial charge is 0.122 e. The highest BCUT2D eigenvalue weighted by Gasteiger charge is 2.06. The Morgan fingerprint density at radius 1 is 0.571 bits per heavy atom. The topological polar surface area (TPSA) is 58.9 Å². The molecule has 4 heteroatoms. The third-order valence-corrected chi connectivity index (χ3v) is 4.60. The van der Waals surface area contributed by atoms with E-state index in [4.69, 9.17) is 19.7 Å². The lowest BCUT2D eigenvalue weighted by atomic mass is 9.98. The summed E-state index contributed by atoms with van der Waals surface area (Å²) >= 11 is 0. The minimum absolute atomic E-state index is 0.0106. The molecule has 28 heavy (non-hydrogen) atoms. The quantitative estimate of drug-likeness (QED) is 0.611. The number of hydrogen-bond donors (Lipinski definition) is 2. The number of aliphatic hydroxyl groups is 2. The van der Waals surface area contributed by atoms with E-state index >= 15 is 0 Å². The fourth-order valence-corrected chi connectivity index (χ4v) is 3.15. The van der Waals surface area contributed by atoms with Crippen LogP contribution in [0.3, 0.4) is 0 Å². The van der Waals surface area contributed by atoms with E-state index in [0.29, 0.717) is 13.2 Å². The molecule has 0 aliphatic rings. The van der Waals surface area contributed by atoms with Crippen molar-refractivity contribution in [3.8, 4) is 33.8 Å². The fourth-order valence-electron chi connectivity index (χ4n) is 3.15. The standard InChI is InChI=1S/C24H26O4/c1-17-15-21(7-9-23(17)27-13-11-25)19-3-5-20(6-4-19)22-8-10-24(18(2)16-22)28-14-12-26/h3-10,15-16,25-26H,11-14H2,1-2H3. The third kappa shape index (κ3) is 4.71. The maximum Gasteiger partial charge on any atom is 0.122 e. The van der Waals surface area contributed by atoms with Crippen LogP contribution in [-0.2, 0) is 0 Å². The van der Waals surface area contributed by atoms with Gasteiger partial charge >= 0.3 is 0 Å². The first kappa shape index (κ1) is 19.9. The van der Waals surface area contributed by atoms with E-state index in [1.807, 2.05) is 38.1 Å². The molecule has 0 aromatic heterocycles. The second-order valence-corrected chi connectivity index (χ2v) is 6.68. The molecule has 0 fully saturated rings. The Morgan fingerprint density at radius 2 is 0.929 bits per heavy atom. The summed E-state index contributed by atoms with van der Waals surface area (Å²) in [7, 11) is 0. The van der Waals surface area contributed by atoms with Crippen molar-refractivity contribution in [2.45, 2.75) is 13.8 Å². The van der Waals surface area contributed by atoms with Crippen molar-refractivity contribution in [2.24, 2.45) is 0 Å². The average molecular weight is 378 g/mol. The summed E-state index contributed by atoms with van der Waals surface area (Å²) in [6.45, 7) is 4.64. The maximum absolute atomic E-state index is 8.90. The van der Waals surface area contributed by atoms with Gasteiger partial charge in [0.15, 0.2) is 0 Å². The molecule has 0 aliphatic carbocycles. The lowest BCUT2D eigenvalue weighted by Crippen LogP contribution is -2.02. The van der Waals surface area contributed by atoms with Crippen molar-refractivity contribution < 1.29 is 19.7 Å². The van der Waals surface area contributed by atoms with Gasteiger partial charge in [-0.3, -0.25) is 0 Å². The van der Waals surface area contributed by atoms with Gasteiger partial charge in [0.05, 0.1) is 13.2 Å². The molecule has 0 atom stereocenters. The van der Waals surface area contributed by atoms with Gasteiger partial charge in [-0.2, -0.15) is 0 Å². The molecule has 0 bridgehead atoms. The molecule has 0 radical (unpaired) electrons. The van der Waals surface area contributed by atoms with Crippen molar-refractivity contribution in [2.75, 3.05) is 26.4 Å². The second kappa shape index (κ2) is 9.40. The van der Waals surface area contributed by atoms with E-state index in [1.165, 1.54) is 0 Å². The Labute approximate surface area is 166 Å². The van der Waals surface area contributed by atoms with Crippen LogP contribution in [0.2, 0.25) is 0 Å². The molecule has 3 aromatic carbocycles. The summed E-state index contributed by atoms with van der Waals surface area (Å²) in [5.41, 5.74) is 6.63. The first-order chi connectivity index (χ1) is 13.6.